The first kappa shape index (κ1) is 14.2. The SMILES string of the molecule is CCOC(=O)c1ccc(Cc2cc(C)ccc2OC)o1. The van der Waals surface area contributed by atoms with Crippen LogP contribution in [0.1, 0.15) is 34.4 Å². The lowest BCUT2D eigenvalue weighted by Gasteiger charge is -2.08. The Morgan fingerprint density at radius 2 is 2.05 bits per heavy atom. The Bertz CT molecular complexity index is 598. The van der Waals surface area contributed by atoms with Gasteiger partial charge < -0.3 is 13.9 Å². The molecule has 1 heterocycles. The second-order valence-corrected chi connectivity index (χ2v) is 4.48. The molecule has 0 bridgehead atoms. The van der Waals surface area contributed by atoms with Gasteiger partial charge in [-0.1, -0.05) is 17.7 Å². The zero-order valence-corrected chi connectivity index (χ0v) is 11.9. The second kappa shape index (κ2) is 6.28. The van der Waals surface area contributed by atoms with Crippen molar-refractivity contribution in [1.82, 2.24) is 0 Å². The Labute approximate surface area is 118 Å². The maximum absolute atomic E-state index is 11.5. The van der Waals surface area contributed by atoms with Crippen LogP contribution in [0.2, 0.25) is 0 Å². The standard InChI is InChI=1S/C16H18O4/c1-4-19-16(17)15-8-6-13(20-15)10-12-9-11(2)5-7-14(12)18-3/h5-9H,4,10H2,1-3H3. The van der Waals surface area contributed by atoms with E-state index in [1.54, 1.807) is 26.2 Å². The molecule has 0 atom stereocenters. The summed E-state index contributed by atoms with van der Waals surface area (Å²) in [6, 6.07) is 9.39. The van der Waals surface area contributed by atoms with Gasteiger partial charge in [-0.2, -0.15) is 0 Å². The van der Waals surface area contributed by atoms with E-state index in [0.29, 0.717) is 18.8 Å². The topological polar surface area (TPSA) is 48.7 Å². The van der Waals surface area contributed by atoms with Crippen LogP contribution in [-0.2, 0) is 11.2 Å². The summed E-state index contributed by atoms with van der Waals surface area (Å²) in [4.78, 5) is 11.5. The molecule has 0 amide bonds. The molecule has 106 valence electrons. The lowest BCUT2D eigenvalue weighted by Crippen LogP contribution is -2.02. The van der Waals surface area contributed by atoms with Crippen LogP contribution in [0.3, 0.4) is 0 Å². The third kappa shape index (κ3) is 3.20. The molecule has 0 unspecified atom stereocenters. The fourth-order valence-electron chi connectivity index (χ4n) is 2.02. The van der Waals surface area contributed by atoms with Crippen molar-refractivity contribution in [1.29, 1.82) is 0 Å². The minimum absolute atomic E-state index is 0.230. The van der Waals surface area contributed by atoms with Crippen molar-refractivity contribution < 1.29 is 18.7 Å². The van der Waals surface area contributed by atoms with Crippen molar-refractivity contribution >= 4 is 5.97 Å². The predicted octanol–water partition coefficient (Wildman–Crippen LogP) is 3.36. The smallest absolute Gasteiger partial charge is 0.374 e. The summed E-state index contributed by atoms with van der Waals surface area (Å²) in [5, 5.41) is 0. The lowest BCUT2D eigenvalue weighted by molar-refractivity contribution is 0.0488. The first-order valence-corrected chi connectivity index (χ1v) is 6.53. The molecule has 0 aliphatic heterocycles. The number of hydrogen-bond acceptors (Lipinski definition) is 4. The van der Waals surface area contributed by atoms with Crippen molar-refractivity contribution in [2.45, 2.75) is 20.3 Å². The number of ether oxygens (including phenoxy) is 2. The Balaban J connectivity index is 2.18. The first-order valence-electron chi connectivity index (χ1n) is 6.53. The average Bonchev–Trinajstić information content (AvgIpc) is 2.88. The van der Waals surface area contributed by atoms with Crippen LogP contribution in [0.25, 0.3) is 0 Å². The molecular weight excluding hydrogens is 256 g/mol. The van der Waals surface area contributed by atoms with Gasteiger partial charge in [0.25, 0.3) is 0 Å². The molecule has 2 rings (SSSR count). The molecule has 0 saturated heterocycles. The number of methoxy groups -OCH3 is 1. The van der Waals surface area contributed by atoms with Gasteiger partial charge in [0.2, 0.25) is 5.76 Å². The Hall–Kier alpha value is -2.23. The largest absolute Gasteiger partial charge is 0.496 e. The second-order valence-electron chi connectivity index (χ2n) is 4.48. The molecule has 0 saturated carbocycles. The fourth-order valence-corrected chi connectivity index (χ4v) is 2.02. The van der Waals surface area contributed by atoms with E-state index in [1.807, 2.05) is 25.1 Å². The molecular formula is C16H18O4. The highest BCUT2D eigenvalue weighted by atomic mass is 16.5. The number of hydrogen-bond donors (Lipinski definition) is 0. The fraction of sp³-hybridized carbons (Fsp3) is 0.312. The van der Waals surface area contributed by atoms with Gasteiger partial charge >= 0.3 is 5.97 Å². The van der Waals surface area contributed by atoms with E-state index in [1.165, 1.54) is 0 Å². The zero-order valence-electron chi connectivity index (χ0n) is 11.9. The van der Waals surface area contributed by atoms with Crippen LogP contribution >= 0.6 is 0 Å². The van der Waals surface area contributed by atoms with Crippen LogP contribution in [-0.4, -0.2) is 19.7 Å². The van der Waals surface area contributed by atoms with Gasteiger partial charge in [0.1, 0.15) is 11.5 Å². The Morgan fingerprint density at radius 3 is 2.75 bits per heavy atom. The van der Waals surface area contributed by atoms with Gasteiger partial charge in [0.05, 0.1) is 13.7 Å². The maximum Gasteiger partial charge on any atom is 0.374 e. The van der Waals surface area contributed by atoms with Gasteiger partial charge in [-0.05, 0) is 32.0 Å². The molecule has 0 spiro atoms. The molecule has 0 aliphatic rings. The Morgan fingerprint density at radius 1 is 1.25 bits per heavy atom. The number of benzene rings is 1. The molecule has 0 fully saturated rings. The molecule has 0 aliphatic carbocycles. The summed E-state index contributed by atoms with van der Waals surface area (Å²) in [5.74, 6) is 1.31. The summed E-state index contributed by atoms with van der Waals surface area (Å²) in [6.07, 6.45) is 0.574. The van der Waals surface area contributed by atoms with Crippen LogP contribution in [0.15, 0.2) is 34.7 Å². The van der Waals surface area contributed by atoms with E-state index in [-0.39, 0.29) is 5.76 Å². The number of rotatable bonds is 5. The predicted molar refractivity (Wildman–Crippen MR) is 75.2 cm³/mol. The number of aryl methyl sites for hydroxylation is 1. The minimum Gasteiger partial charge on any atom is -0.496 e. The summed E-state index contributed by atoms with van der Waals surface area (Å²) >= 11 is 0. The van der Waals surface area contributed by atoms with Crippen LogP contribution in [0, 0.1) is 6.92 Å². The van der Waals surface area contributed by atoms with Crippen LogP contribution < -0.4 is 4.74 Å². The normalized spacial score (nSPS) is 10.3. The minimum atomic E-state index is -0.435. The van der Waals surface area contributed by atoms with Gasteiger partial charge in [-0.3, -0.25) is 0 Å². The van der Waals surface area contributed by atoms with Crippen LogP contribution in [0.4, 0.5) is 0 Å². The highest BCUT2D eigenvalue weighted by Crippen LogP contribution is 2.23. The quantitative estimate of drug-likeness (QED) is 0.784. The number of carbonyl (C=O) groups excluding carboxylic acids is 1. The van der Waals surface area contributed by atoms with E-state index < -0.39 is 5.97 Å². The molecule has 20 heavy (non-hydrogen) atoms. The van der Waals surface area contributed by atoms with Crippen molar-refractivity contribution in [2.75, 3.05) is 13.7 Å². The van der Waals surface area contributed by atoms with Gasteiger partial charge in [-0.15, -0.1) is 0 Å². The average molecular weight is 274 g/mol. The van der Waals surface area contributed by atoms with Crippen molar-refractivity contribution in [2.24, 2.45) is 0 Å². The van der Waals surface area contributed by atoms with E-state index >= 15 is 0 Å². The van der Waals surface area contributed by atoms with E-state index in [0.717, 1.165) is 16.9 Å². The van der Waals surface area contributed by atoms with Gasteiger partial charge in [-0.25, -0.2) is 4.79 Å². The van der Waals surface area contributed by atoms with E-state index in [9.17, 15) is 4.79 Å². The molecule has 4 nitrogen and oxygen atoms in total. The molecule has 1 aromatic heterocycles. The van der Waals surface area contributed by atoms with Crippen molar-refractivity contribution in [3.63, 3.8) is 0 Å². The van der Waals surface area contributed by atoms with Crippen LogP contribution in [0.5, 0.6) is 5.75 Å². The molecule has 4 heteroatoms. The number of esters is 1. The third-order valence-corrected chi connectivity index (χ3v) is 2.94. The summed E-state index contributed by atoms with van der Waals surface area (Å²) in [7, 11) is 1.64. The highest BCUT2D eigenvalue weighted by Gasteiger charge is 2.13. The maximum atomic E-state index is 11.5. The molecule has 1 aromatic carbocycles. The molecule has 0 radical (unpaired) electrons. The lowest BCUT2D eigenvalue weighted by atomic mass is 10.1. The van der Waals surface area contributed by atoms with Crippen molar-refractivity contribution in [3.8, 4) is 5.75 Å². The monoisotopic (exact) mass is 274 g/mol. The van der Waals surface area contributed by atoms with Gasteiger partial charge in [0.15, 0.2) is 0 Å². The summed E-state index contributed by atoms with van der Waals surface area (Å²) in [5.41, 5.74) is 2.18. The summed E-state index contributed by atoms with van der Waals surface area (Å²) in [6.45, 7) is 4.12. The first-order chi connectivity index (χ1) is 9.63. The Kier molecular flexibility index (Phi) is 4.45. The number of furan rings is 1. The third-order valence-electron chi connectivity index (χ3n) is 2.94. The van der Waals surface area contributed by atoms with Gasteiger partial charge in [0, 0.05) is 12.0 Å². The molecule has 0 N–H and O–H groups in total. The van der Waals surface area contributed by atoms with E-state index in [2.05, 4.69) is 0 Å². The summed E-state index contributed by atoms with van der Waals surface area (Å²) < 4.78 is 15.7. The zero-order chi connectivity index (χ0) is 14.5. The molecule has 2 aromatic rings. The van der Waals surface area contributed by atoms with E-state index in [4.69, 9.17) is 13.9 Å². The number of carbonyl (C=O) groups is 1. The highest BCUT2D eigenvalue weighted by molar-refractivity contribution is 5.86. The van der Waals surface area contributed by atoms with Crippen molar-refractivity contribution in [3.05, 3.63) is 53.0 Å².